The number of carbonyl (C=O) groups excluding carboxylic acids is 1. The summed E-state index contributed by atoms with van der Waals surface area (Å²) in [5.41, 5.74) is 2.75. The number of hydrogen-bond acceptors (Lipinski definition) is 4. The first-order chi connectivity index (χ1) is 12.4. The number of nitrogens with zero attached hydrogens (tertiary/aromatic N) is 2. The molecule has 26 heavy (non-hydrogen) atoms. The zero-order valence-corrected chi connectivity index (χ0v) is 15.3. The second-order valence-electron chi connectivity index (χ2n) is 5.96. The number of fused-ring (bicyclic) bond motifs is 1. The van der Waals surface area contributed by atoms with Gasteiger partial charge in [-0.25, -0.2) is 13.4 Å². The van der Waals surface area contributed by atoms with Crippen molar-refractivity contribution in [3.63, 3.8) is 0 Å². The summed E-state index contributed by atoms with van der Waals surface area (Å²) in [5, 5.41) is 3.37. The fourth-order valence-corrected chi connectivity index (χ4v) is 2.81. The first-order valence-corrected chi connectivity index (χ1v) is 9.86. The lowest BCUT2D eigenvalue weighted by molar-refractivity contribution is 0.0945. The van der Waals surface area contributed by atoms with E-state index in [0.717, 1.165) is 16.1 Å². The Hall–Kier alpha value is -2.77. The molecule has 0 aliphatic heterocycles. The lowest BCUT2D eigenvalue weighted by Gasteiger charge is -2.16. The fraction of sp³-hybridized carbons (Fsp3) is 0.158. The highest BCUT2D eigenvalue weighted by molar-refractivity contribution is 7.88. The summed E-state index contributed by atoms with van der Waals surface area (Å²) >= 11 is 0. The number of pyridine rings is 1. The molecule has 3 aromatic rings. The molecule has 0 aliphatic carbocycles. The van der Waals surface area contributed by atoms with Gasteiger partial charge in [-0.3, -0.25) is 4.79 Å². The minimum absolute atomic E-state index is 0.102. The molecular weight excluding hydrogens is 350 g/mol. The van der Waals surface area contributed by atoms with E-state index in [0.29, 0.717) is 22.2 Å². The van der Waals surface area contributed by atoms with Crippen molar-refractivity contribution >= 4 is 26.8 Å². The largest absolute Gasteiger partial charge is 0.338 e. The van der Waals surface area contributed by atoms with E-state index in [2.05, 4.69) is 10.3 Å². The van der Waals surface area contributed by atoms with E-state index in [1.807, 2.05) is 54.6 Å². The van der Waals surface area contributed by atoms with E-state index >= 15 is 0 Å². The van der Waals surface area contributed by atoms with Gasteiger partial charge in [0.25, 0.3) is 5.91 Å². The average Bonchev–Trinajstić information content (AvgIpc) is 2.64. The van der Waals surface area contributed by atoms with Crippen molar-refractivity contribution in [2.45, 2.75) is 0 Å². The topological polar surface area (TPSA) is 79.4 Å². The zero-order valence-electron chi connectivity index (χ0n) is 14.5. The van der Waals surface area contributed by atoms with Gasteiger partial charge in [0.05, 0.1) is 29.7 Å². The summed E-state index contributed by atoms with van der Waals surface area (Å²) in [6.45, 7) is -0.102. The highest BCUT2D eigenvalue weighted by Gasteiger charge is 2.16. The van der Waals surface area contributed by atoms with Crippen LogP contribution in [0, 0.1) is 0 Å². The zero-order chi connectivity index (χ0) is 18.7. The maximum absolute atomic E-state index is 12.7. The van der Waals surface area contributed by atoms with Gasteiger partial charge in [0.15, 0.2) is 0 Å². The molecular formula is C19H19N3O3S. The van der Waals surface area contributed by atoms with Gasteiger partial charge in [0.1, 0.15) is 0 Å². The van der Waals surface area contributed by atoms with Crippen LogP contribution in [-0.2, 0) is 10.0 Å². The maximum Gasteiger partial charge on any atom is 0.253 e. The van der Waals surface area contributed by atoms with Gasteiger partial charge in [0.2, 0.25) is 10.0 Å². The Balaban J connectivity index is 2.00. The molecule has 134 valence electrons. The third-order valence-electron chi connectivity index (χ3n) is 4.06. The summed E-state index contributed by atoms with van der Waals surface area (Å²) in [6.07, 6.45) is 1.09. The van der Waals surface area contributed by atoms with Crippen LogP contribution in [0.4, 0.5) is 0 Å². The first kappa shape index (κ1) is 18.0. The molecule has 1 heterocycles. The van der Waals surface area contributed by atoms with Crippen LogP contribution in [0.5, 0.6) is 0 Å². The van der Waals surface area contributed by atoms with Gasteiger partial charge < -0.3 is 5.32 Å². The van der Waals surface area contributed by atoms with Gasteiger partial charge in [-0.1, -0.05) is 48.5 Å². The average molecular weight is 369 g/mol. The van der Waals surface area contributed by atoms with Crippen molar-refractivity contribution in [2.75, 3.05) is 20.0 Å². The van der Waals surface area contributed by atoms with Crippen LogP contribution in [0.15, 0.2) is 60.7 Å². The highest BCUT2D eigenvalue weighted by atomic mass is 32.2. The molecule has 0 aliphatic rings. The van der Waals surface area contributed by atoms with Gasteiger partial charge in [-0.05, 0) is 12.1 Å². The molecule has 0 bridgehead atoms. The van der Waals surface area contributed by atoms with Gasteiger partial charge in [-0.2, -0.15) is 4.31 Å². The quantitative estimate of drug-likeness (QED) is 0.701. The highest BCUT2D eigenvalue weighted by Crippen LogP contribution is 2.24. The number of nitrogens with one attached hydrogen (secondary N) is 1. The van der Waals surface area contributed by atoms with E-state index in [1.165, 1.54) is 7.05 Å². The Morgan fingerprint density at radius 2 is 1.73 bits per heavy atom. The predicted octanol–water partition coefficient (Wildman–Crippen LogP) is 2.48. The summed E-state index contributed by atoms with van der Waals surface area (Å²) in [7, 11) is -1.96. The molecule has 2 aromatic carbocycles. The normalized spacial score (nSPS) is 11.7. The molecule has 0 fully saturated rings. The second kappa shape index (κ2) is 7.23. The second-order valence-corrected chi connectivity index (χ2v) is 8.05. The molecule has 7 heteroatoms. The molecule has 1 aromatic heterocycles. The number of benzene rings is 2. The van der Waals surface area contributed by atoms with E-state index in [4.69, 9.17) is 0 Å². The lowest BCUT2D eigenvalue weighted by atomic mass is 10.0. The van der Waals surface area contributed by atoms with Crippen molar-refractivity contribution in [3.8, 4) is 11.3 Å². The van der Waals surface area contributed by atoms with Crippen LogP contribution in [0.1, 0.15) is 10.4 Å². The Bertz CT molecular complexity index is 1050. The van der Waals surface area contributed by atoms with Crippen molar-refractivity contribution in [3.05, 3.63) is 66.2 Å². The van der Waals surface area contributed by atoms with E-state index in [1.54, 1.807) is 6.07 Å². The van der Waals surface area contributed by atoms with Crippen LogP contribution in [-0.4, -0.2) is 43.6 Å². The first-order valence-electron chi connectivity index (χ1n) is 8.01. The molecule has 0 saturated carbocycles. The van der Waals surface area contributed by atoms with Crippen LogP contribution >= 0.6 is 0 Å². The standard InChI is InChI=1S/C19H19N3O3S/c1-22(26(2,24)25)13-20-19(23)16-12-18(14-8-4-3-5-9-14)21-17-11-7-6-10-15(16)17/h3-12H,13H2,1-2H3,(H,20,23). The molecule has 0 spiro atoms. The Morgan fingerprint density at radius 1 is 1.08 bits per heavy atom. The Labute approximate surface area is 152 Å². The summed E-state index contributed by atoms with van der Waals surface area (Å²) < 4.78 is 24.1. The van der Waals surface area contributed by atoms with Crippen molar-refractivity contribution in [1.82, 2.24) is 14.6 Å². The van der Waals surface area contributed by atoms with Crippen LogP contribution in [0.25, 0.3) is 22.2 Å². The van der Waals surface area contributed by atoms with Crippen LogP contribution in [0.2, 0.25) is 0 Å². The lowest BCUT2D eigenvalue weighted by Crippen LogP contribution is -2.38. The molecule has 0 saturated heterocycles. The molecule has 1 amide bonds. The SMILES string of the molecule is CN(CNC(=O)c1cc(-c2ccccc2)nc2ccccc12)S(C)(=O)=O. The summed E-state index contributed by atoms with van der Waals surface area (Å²) in [5.74, 6) is -0.351. The van der Waals surface area contributed by atoms with E-state index in [-0.39, 0.29) is 12.6 Å². The van der Waals surface area contributed by atoms with Gasteiger partial charge in [-0.15, -0.1) is 0 Å². The number of rotatable bonds is 5. The molecule has 3 rings (SSSR count). The molecule has 0 radical (unpaired) electrons. The number of aromatic nitrogens is 1. The minimum atomic E-state index is -3.37. The molecule has 1 N–H and O–H groups in total. The van der Waals surface area contributed by atoms with Crippen molar-refractivity contribution < 1.29 is 13.2 Å². The minimum Gasteiger partial charge on any atom is -0.338 e. The predicted molar refractivity (Wildman–Crippen MR) is 102 cm³/mol. The van der Waals surface area contributed by atoms with Crippen LogP contribution < -0.4 is 5.32 Å². The number of amides is 1. The number of carbonyl (C=O) groups is 1. The Morgan fingerprint density at radius 3 is 2.42 bits per heavy atom. The smallest absolute Gasteiger partial charge is 0.253 e. The van der Waals surface area contributed by atoms with Gasteiger partial charge in [0, 0.05) is 18.0 Å². The third kappa shape index (κ3) is 3.89. The molecule has 6 nitrogen and oxygen atoms in total. The van der Waals surface area contributed by atoms with Gasteiger partial charge >= 0.3 is 0 Å². The summed E-state index contributed by atoms with van der Waals surface area (Å²) in [6, 6.07) is 18.7. The molecule has 0 atom stereocenters. The monoisotopic (exact) mass is 369 g/mol. The van der Waals surface area contributed by atoms with Crippen LogP contribution in [0.3, 0.4) is 0 Å². The third-order valence-corrected chi connectivity index (χ3v) is 5.32. The fourth-order valence-electron chi connectivity index (χ4n) is 2.52. The molecule has 0 unspecified atom stereocenters. The summed E-state index contributed by atoms with van der Waals surface area (Å²) in [4.78, 5) is 17.3. The Kier molecular flexibility index (Phi) is 5.01. The van der Waals surface area contributed by atoms with E-state index < -0.39 is 10.0 Å². The number of sulfonamides is 1. The van der Waals surface area contributed by atoms with Crippen molar-refractivity contribution in [2.24, 2.45) is 0 Å². The number of hydrogen-bond donors (Lipinski definition) is 1. The van der Waals surface area contributed by atoms with E-state index in [9.17, 15) is 13.2 Å². The maximum atomic E-state index is 12.7. The number of para-hydroxylation sites is 1. The van der Waals surface area contributed by atoms with Crippen molar-refractivity contribution in [1.29, 1.82) is 0 Å².